The van der Waals surface area contributed by atoms with Crippen LogP contribution in [0.1, 0.15) is 24.0 Å². The average molecular weight is 246 g/mol. The minimum atomic E-state index is 1.15. The zero-order chi connectivity index (χ0) is 13.1. The molecule has 2 aromatic rings. The third kappa shape index (κ3) is 2.53. The largest absolute Gasteiger partial charge is 0.0836 e. The second-order valence-electron chi connectivity index (χ2n) is 5.03. The Kier molecular flexibility index (Phi) is 3.33. The lowest BCUT2D eigenvalue weighted by molar-refractivity contribution is 1.04. The van der Waals surface area contributed by atoms with Crippen LogP contribution in [0.5, 0.6) is 0 Å². The lowest BCUT2D eigenvalue weighted by Gasteiger charge is -2.12. The molecule has 0 saturated heterocycles. The van der Waals surface area contributed by atoms with Gasteiger partial charge in [0, 0.05) is 0 Å². The minimum Gasteiger partial charge on any atom is -0.0836 e. The highest BCUT2D eigenvalue weighted by Gasteiger charge is 2.07. The van der Waals surface area contributed by atoms with E-state index in [2.05, 4.69) is 73.7 Å². The molecule has 0 heterocycles. The van der Waals surface area contributed by atoms with E-state index in [9.17, 15) is 0 Å². The van der Waals surface area contributed by atoms with Crippen LogP contribution in [0, 0.1) is 6.92 Å². The van der Waals surface area contributed by atoms with Gasteiger partial charge in [0.1, 0.15) is 0 Å². The van der Waals surface area contributed by atoms with Crippen molar-refractivity contribution in [2.75, 3.05) is 0 Å². The summed E-state index contributed by atoms with van der Waals surface area (Å²) in [6, 6.07) is 17.3. The Bertz CT molecular complexity index is 630. The van der Waals surface area contributed by atoms with E-state index in [1.54, 1.807) is 0 Å². The van der Waals surface area contributed by atoms with E-state index in [4.69, 9.17) is 0 Å². The third-order valence-electron chi connectivity index (χ3n) is 3.65. The van der Waals surface area contributed by atoms with Crippen molar-refractivity contribution in [3.05, 3.63) is 77.9 Å². The number of hydrogen-bond acceptors (Lipinski definition) is 0. The molecule has 0 fully saturated rings. The SMILES string of the molecule is Cc1ccc(-c2ccccc2)cc1C1=CCCC=C1. The van der Waals surface area contributed by atoms with Crippen molar-refractivity contribution < 1.29 is 0 Å². The van der Waals surface area contributed by atoms with Crippen molar-refractivity contribution in [3.8, 4) is 11.1 Å². The third-order valence-corrected chi connectivity index (χ3v) is 3.65. The van der Waals surface area contributed by atoms with Gasteiger partial charge in [-0.25, -0.2) is 0 Å². The van der Waals surface area contributed by atoms with Gasteiger partial charge in [-0.2, -0.15) is 0 Å². The lowest BCUT2D eigenvalue weighted by atomic mass is 9.92. The molecule has 0 heteroatoms. The second-order valence-corrected chi connectivity index (χ2v) is 5.03. The highest BCUT2D eigenvalue weighted by atomic mass is 14.1. The van der Waals surface area contributed by atoms with E-state index < -0.39 is 0 Å². The smallest absolute Gasteiger partial charge is 0.0152 e. The first-order valence-electron chi connectivity index (χ1n) is 6.88. The van der Waals surface area contributed by atoms with Crippen LogP contribution in [0.2, 0.25) is 0 Å². The molecular formula is C19H18. The van der Waals surface area contributed by atoms with Gasteiger partial charge in [-0.1, -0.05) is 60.7 Å². The second kappa shape index (κ2) is 5.27. The van der Waals surface area contributed by atoms with Gasteiger partial charge in [-0.15, -0.1) is 0 Å². The molecule has 0 aromatic heterocycles. The molecule has 0 aliphatic heterocycles. The molecule has 0 radical (unpaired) electrons. The standard InChI is InChI=1S/C19H18/c1-15-12-13-18(16-8-4-2-5-9-16)14-19(15)17-10-6-3-7-11-17/h2,4-6,8-14H,3,7H2,1H3. The summed E-state index contributed by atoms with van der Waals surface area (Å²) < 4.78 is 0. The molecule has 0 unspecified atom stereocenters. The maximum absolute atomic E-state index is 2.34. The van der Waals surface area contributed by atoms with Crippen LogP contribution in [0.15, 0.2) is 66.8 Å². The first-order valence-corrected chi connectivity index (χ1v) is 6.88. The quantitative estimate of drug-likeness (QED) is 0.666. The van der Waals surface area contributed by atoms with Crippen LogP contribution in [-0.2, 0) is 0 Å². The average Bonchev–Trinajstić information content (AvgIpc) is 2.49. The minimum absolute atomic E-state index is 1.15. The van der Waals surface area contributed by atoms with Gasteiger partial charge in [0.05, 0.1) is 0 Å². The molecule has 94 valence electrons. The highest BCUT2D eigenvalue weighted by molar-refractivity contribution is 5.80. The van der Waals surface area contributed by atoms with Crippen LogP contribution in [0.3, 0.4) is 0 Å². The summed E-state index contributed by atoms with van der Waals surface area (Å²) in [5.74, 6) is 0. The Morgan fingerprint density at radius 1 is 0.842 bits per heavy atom. The van der Waals surface area contributed by atoms with Gasteiger partial charge in [0.25, 0.3) is 0 Å². The fraction of sp³-hybridized carbons (Fsp3) is 0.158. The first kappa shape index (κ1) is 12.0. The van der Waals surface area contributed by atoms with E-state index in [1.165, 1.54) is 34.2 Å². The van der Waals surface area contributed by atoms with E-state index in [-0.39, 0.29) is 0 Å². The van der Waals surface area contributed by atoms with Crippen molar-refractivity contribution in [3.63, 3.8) is 0 Å². The predicted molar refractivity (Wildman–Crippen MR) is 83.0 cm³/mol. The molecule has 0 amide bonds. The van der Waals surface area contributed by atoms with Crippen LogP contribution >= 0.6 is 0 Å². The summed E-state index contributed by atoms with van der Waals surface area (Å²) in [5.41, 5.74) is 6.64. The van der Waals surface area contributed by atoms with Crippen molar-refractivity contribution in [1.29, 1.82) is 0 Å². The Morgan fingerprint density at radius 2 is 1.68 bits per heavy atom. The molecule has 0 saturated carbocycles. The van der Waals surface area contributed by atoms with E-state index in [0.29, 0.717) is 0 Å². The van der Waals surface area contributed by atoms with Gasteiger partial charge >= 0.3 is 0 Å². The molecular weight excluding hydrogens is 228 g/mol. The zero-order valence-corrected chi connectivity index (χ0v) is 11.3. The normalized spacial score (nSPS) is 14.3. The summed E-state index contributed by atoms with van der Waals surface area (Å²) in [6.07, 6.45) is 9.18. The summed E-state index contributed by atoms with van der Waals surface area (Å²) in [7, 11) is 0. The molecule has 19 heavy (non-hydrogen) atoms. The Balaban J connectivity index is 2.06. The van der Waals surface area contributed by atoms with Gasteiger partial charge < -0.3 is 0 Å². The van der Waals surface area contributed by atoms with Crippen LogP contribution in [0.4, 0.5) is 0 Å². The van der Waals surface area contributed by atoms with Crippen LogP contribution < -0.4 is 0 Å². The fourth-order valence-electron chi connectivity index (χ4n) is 2.56. The molecule has 0 bridgehead atoms. The zero-order valence-electron chi connectivity index (χ0n) is 11.3. The number of allylic oxidation sites excluding steroid dienone is 4. The molecule has 3 rings (SSSR count). The lowest BCUT2D eigenvalue weighted by Crippen LogP contribution is -1.91. The number of hydrogen-bond donors (Lipinski definition) is 0. The van der Waals surface area contributed by atoms with E-state index in [0.717, 1.165) is 6.42 Å². The maximum Gasteiger partial charge on any atom is -0.0152 e. The van der Waals surface area contributed by atoms with Gasteiger partial charge in [0.15, 0.2) is 0 Å². The Labute approximate surface area is 115 Å². The molecule has 0 atom stereocenters. The van der Waals surface area contributed by atoms with Gasteiger partial charge in [-0.3, -0.25) is 0 Å². The van der Waals surface area contributed by atoms with Gasteiger partial charge in [0.2, 0.25) is 0 Å². The summed E-state index contributed by atoms with van der Waals surface area (Å²) in [6.45, 7) is 2.19. The molecule has 0 spiro atoms. The van der Waals surface area contributed by atoms with Crippen molar-refractivity contribution in [2.45, 2.75) is 19.8 Å². The molecule has 0 nitrogen and oxygen atoms in total. The van der Waals surface area contributed by atoms with Crippen LogP contribution in [-0.4, -0.2) is 0 Å². The molecule has 0 N–H and O–H groups in total. The highest BCUT2D eigenvalue weighted by Crippen LogP contribution is 2.29. The molecule has 1 aliphatic rings. The number of aryl methyl sites for hydroxylation is 1. The van der Waals surface area contributed by atoms with E-state index in [1.807, 2.05) is 0 Å². The predicted octanol–water partition coefficient (Wildman–Crippen LogP) is 5.40. The topological polar surface area (TPSA) is 0 Å². The summed E-state index contributed by atoms with van der Waals surface area (Å²) in [4.78, 5) is 0. The summed E-state index contributed by atoms with van der Waals surface area (Å²) >= 11 is 0. The van der Waals surface area contributed by atoms with Crippen molar-refractivity contribution in [1.82, 2.24) is 0 Å². The van der Waals surface area contributed by atoms with Crippen molar-refractivity contribution in [2.24, 2.45) is 0 Å². The first-order chi connectivity index (χ1) is 9.34. The summed E-state index contributed by atoms with van der Waals surface area (Å²) in [5, 5.41) is 0. The monoisotopic (exact) mass is 246 g/mol. The Morgan fingerprint density at radius 3 is 2.42 bits per heavy atom. The number of benzene rings is 2. The fourth-order valence-corrected chi connectivity index (χ4v) is 2.56. The van der Waals surface area contributed by atoms with Crippen molar-refractivity contribution >= 4 is 5.57 Å². The van der Waals surface area contributed by atoms with Gasteiger partial charge in [-0.05, 0) is 53.7 Å². The number of rotatable bonds is 2. The van der Waals surface area contributed by atoms with Crippen LogP contribution in [0.25, 0.3) is 16.7 Å². The molecule has 1 aliphatic carbocycles. The molecule has 2 aromatic carbocycles. The maximum atomic E-state index is 2.34. The van der Waals surface area contributed by atoms with E-state index >= 15 is 0 Å². The Hall–Kier alpha value is -2.08.